The SMILES string of the molecule is NCCC[C@H](N)C(=O)O.O=C(O)CCC(=O)O. The highest BCUT2D eigenvalue weighted by atomic mass is 16.4. The van der Waals surface area contributed by atoms with Gasteiger partial charge < -0.3 is 26.8 Å². The molecule has 8 heteroatoms. The summed E-state index contributed by atoms with van der Waals surface area (Å²) in [6, 6.07) is -0.742. The maximum Gasteiger partial charge on any atom is 0.320 e. The van der Waals surface area contributed by atoms with Gasteiger partial charge in [0.25, 0.3) is 0 Å². The second kappa shape index (κ2) is 10.8. The van der Waals surface area contributed by atoms with Crippen LogP contribution in [0.25, 0.3) is 0 Å². The van der Waals surface area contributed by atoms with E-state index in [-0.39, 0.29) is 12.8 Å². The van der Waals surface area contributed by atoms with Crippen LogP contribution in [0.3, 0.4) is 0 Å². The standard InChI is InChI=1S/C5H12N2O2.C4H6O4/c6-3-1-2-4(7)5(8)9;5-3(6)1-2-4(7)8/h4H,1-3,6-7H2,(H,8,9);1-2H2,(H,5,6)(H,7,8)/t4-;/m0./s1. The fourth-order valence-electron chi connectivity index (χ4n) is 0.675. The molecule has 0 spiro atoms. The minimum Gasteiger partial charge on any atom is -0.481 e. The van der Waals surface area contributed by atoms with Crippen LogP contribution in [-0.2, 0) is 14.4 Å². The Hall–Kier alpha value is -1.67. The number of carbonyl (C=O) groups is 3. The predicted octanol–water partition coefficient (Wildman–Crippen LogP) is -0.927. The molecule has 17 heavy (non-hydrogen) atoms. The summed E-state index contributed by atoms with van der Waals surface area (Å²) in [4.78, 5) is 29.3. The lowest BCUT2D eigenvalue weighted by molar-refractivity contribution is -0.143. The Bertz CT molecular complexity index is 242. The molecule has 0 aliphatic heterocycles. The first-order valence-electron chi connectivity index (χ1n) is 4.93. The Labute approximate surface area is 98.2 Å². The fraction of sp³-hybridized carbons (Fsp3) is 0.667. The summed E-state index contributed by atoms with van der Waals surface area (Å²) >= 11 is 0. The first-order chi connectivity index (χ1) is 7.81. The van der Waals surface area contributed by atoms with E-state index in [2.05, 4.69) is 0 Å². The van der Waals surface area contributed by atoms with Crippen LogP contribution in [0.5, 0.6) is 0 Å². The van der Waals surface area contributed by atoms with Gasteiger partial charge in [-0.1, -0.05) is 0 Å². The maximum atomic E-state index is 10.0. The molecule has 0 aliphatic rings. The normalized spacial score (nSPS) is 10.9. The average molecular weight is 250 g/mol. The van der Waals surface area contributed by atoms with E-state index >= 15 is 0 Å². The highest BCUT2D eigenvalue weighted by molar-refractivity contribution is 5.75. The zero-order valence-electron chi connectivity index (χ0n) is 9.33. The Kier molecular flexibility index (Phi) is 11.3. The van der Waals surface area contributed by atoms with E-state index in [1.54, 1.807) is 0 Å². The van der Waals surface area contributed by atoms with Gasteiger partial charge in [-0.3, -0.25) is 14.4 Å². The van der Waals surface area contributed by atoms with Gasteiger partial charge in [0, 0.05) is 0 Å². The molecule has 0 unspecified atom stereocenters. The Balaban J connectivity index is 0. The van der Waals surface area contributed by atoms with Gasteiger partial charge in [0.1, 0.15) is 6.04 Å². The molecule has 0 saturated carbocycles. The van der Waals surface area contributed by atoms with Crippen molar-refractivity contribution in [2.24, 2.45) is 11.5 Å². The number of aliphatic carboxylic acids is 3. The molecule has 0 radical (unpaired) electrons. The summed E-state index contributed by atoms with van der Waals surface area (Å²) in [5, 5.41) is 24.0. The molecule has 100 valence electrons. The van der Waals surface area contributed by atoms with Gasteiger partial charge in [0.05, 0.1) is 12.8 Å². The molecular weight excluding hydrogens is 232 g/mol. The van der Waals surface area contributed by atoms with Crippen LogP contribution in [0.15, 0.2) is 0 Å². The van der Waals surface area contributed by atoms with E-state index in [1.807, 2.05) is 0 Å². The van der Waals surface area contributed by atoms with Crippen LogP contribution in [0, 0.1) is 0 Å². The summed E-state index contributed by atoms with van der Waals surface area (Å²) in [5.41, 5.74) is 10.3. The highest BCUT2D eigenvalue weighted by Gasteiger charge is 2.08. The fourth-order valence-corrected chi connectivity index (χ4v) is 0.675. The first-order valence-corrected chi connectivity index (χ1v) is 4.93. The second-order valence-corrected chi connectivity index (χ2v) is 3.16. The molecule has 1 atom stereocenters. The van der Waals surface area contributed by atoms with Gasteiger partial charge in [-0.15, -0.1) is 0 Å². The van der Waals surface area contributed by atoms with Crippen LogP contribution in [0.1, 0.15) is 25.7 Å². The highest BCUT2D eigenvalue weighted by Crippen LogP contribution is 1.91. The molecule has 0 rings (SSSR count). The molecule has 0 amide bonds. The zero-order valence-corrected chi connectivity index (χ0v) is 9.33. The number of nitrogens with two attached hydrogens (primary N) is 2. The van der Waals surface area contributed by atoms with Crippen LogP contribution < -0.4 is 11.5 Å². The van der Waals surface area contributed by atoms with E-state index < -0.39 is 23.9 Å². The third-order valence-corrected chi connectivity index (χ3v) is 1.59. The largest absolute Gasteiger partial charge is 0.481 e. The van der Waals surface area contributed by atoms with Crippen molar-refractivity contribution >= 4 is 17.9 Å². The van der Waals surface area contributed by atoms with Crippen LogP contribution >= 0.6 is 0 Å². The van der Waals surface area contributed by atoms with E-state index in [0.717, 1.165) is 0 Å². The lowest BCUT2D eigenvalue weighted by atomic mass is 10.2. The van der Waals surface area contributed by atoms with Crippen molar-refractivity contribution in [3.05, 3.63) is 0 Å². The lowest BCUT2D eigenvalue weighted by Gasteiger charge is -2.02. The average Bonchev–Trinajstić information content (AvgIpc) is 2.23. The van der Waals surface area contributed by atoms with Crippen molar-refractivity contribution in [2.45, 2.75) is 31.7 Å². The Morgan fingerprint density at radius 3 is 1.65 bits per heavy atom. The third kappa shape index (κ3) is 17.0. The second-order valence-electron chi connectivity index (χ2n) is 3.16. The van der Waals surface area contributed by atoms with Crippen molar-refractivity contribution in [3.63, 3.8) is 0 Å². The van der Waals surface area contributed by atoms with Gasteiger partial charge in [-0.2, -0.15) is 0 Å². The maximum absolute atomic E-state index is 10.0. The summed E-state index contributed by atoms with van der Waals surface area (Å²) in [6.07, 6.45) is 0.546. The van der Waals surface area contributed by atoms with Gasteiger partial charge in [0.15, 0.2) is 0 Å². The molecule has 0 aromatic heterocycles. The predicted molar refractivity (Wildman–Crippen MR) is 58.4 cm³/mol. The molecule has 0 fully saturated rings. The topological polar surface area (TPSA) is 164 Å². The first kappa shape index (κ1) is 17.7. The molecule has 0 aromatic carbocycles. The van der Waals surface area contributed by atoms with Crippen molar-refractivity contribution in [1.29, 1.82) is 0 Å². The Morgan fingerprint density at radius 2 is 1.41 bits per heavy atom. The summed E-state index contributed by atoms with van der Waals surface area (Å²) in [6.45, 7) is 0.501. The quantitative estimate of drug-likeness (QED) is 0.386. The summed E-state index contributed by atoms with van der Waals surface area (Å²) in [7, 11) is 0. The Morgan fingerprint density at radius 1 is 1.00 bits per heavy atom. The van der Waals surface area contributed by atoms with Gasteiger partial charge in [-0.05, 0) is 19.4 Å². The van der Waals surface area contributed by atoms with Crippen molar-refractivity contribution < 1.29 is 29.7 Å². The minimum absolute atomic E-state index is 0.296. The van der Waals surface area contributed by atoms with Gasteiger partial charge >= 0.3 is 17.9 Å². The number of rotatable bonds is 7. The molecule has 0 aromatic rings. The third-order valence-electron chi connectivity index (χ3n) is 1.59. The van der Waals surface area contributed by atoms with E-state index in [1.165, 1.54) is 0 Å². The number of hydrogen-bond acceptors (Lipinski definition) is 5. The molecular formula is C9H18N2O6. The zero-order chi connectivity index (χ0) is 13.8. The summed E-state index contributed by atoms with van der Waals surface area (Å²) in [5.74, 6) is -3.11. The van der Waals surface area contributed by atoms with Crippen molar-refractivity contribution in [3.8, 4) is 0 Å². The molecule has 0 bridgehead atoms. The minimum atomic E-state index is -1.08. The van der Waals surface area contributed by atoms with Crippen LogP contribution in [0.2, 0.25) is 0 Å². The molecule has 0 heterocycles. The van der Waals surface area contributed by atoms with E-state index in [9.17, 15) is 14.4 Å². The van der Waals surface area contributed by atoms with Gasteiger partial charge in [-0.25, -0.2) is 0 Å². The molecule has 8 nitrogen and oxygen atoms in total. The van der Waals surface area contributed by atoms with Crippen LogP contribution in [-0.4, -0.2) is 45.8 Å². The summed E-state index contributed by atoms with van der Waals surface area (Å²) < 4.78 is 0. The number of carboxylic acids is 3. The monoisotopic (exact) mass is 250 g/mol. The smallest absolute Gasteiger partial charge is 0.320 e. The van der Waals surface area contributed by atoms with Gasteiger partial charge in [0.2, 0.25) is 0 Å². The molecule has 7 N–H and O–H groups in total. The van der Waals surface area contributed by atoms with E-state index in [4.69, 9.17) is 26.8 Å². The number of hydrogen-bond donors (Lipinski definition) is 5. The van der Waals surface area contributed by atoms with Crippen LogP contribution in [0.4, 0.5) is 0 Å². The van der Waals surface area contributed by atoms with E-state index in [0.29, 0.717) is 19.4 Å². The molecule has 0 saturated heterocycles. The van der Waals surface area contributed by atoms with Crippen molar-refractivity contribution in [2.75, 3.05) is 6.54 Å². The lowest BCUT2D eigenvalue weighted by Crippen LogP contribution is -2.30. The van der Waals surface area contributed by atoms with Crippen molar-refractivity contribution in [1.82, 2.24) is 0 Å². The molecule has 0 aliphatic carbocycles. The number of carboxylic acid groups (broad SMARTS) is 3.